The monoisotopic (exact) mass is 220 g/mol. The van der Waals surface area contributed by atoms with Crippen LogP contribution in [0.2, 0.25) is 0 Å². The molecule has 4 nitrogen and oxygen atoms in total. The van der Waals surface area contributed by atoms with Crippen molar-refractivity contribution in [2.75, 3.05) is 18.5 Å². The van der Waals surface area contributed by atoms with Crippen LogP contribution in [0.5, 0.6) is 0 Å². The second-order valence-corrected chi connectivity index (χ2v) is 3.94. The Bertz CT molecular complexity index is 349. The number of rotatable bonds is 4. The van der Waals surface area contributed by atoms with Crippen molar-refractivity contribution in [3.8, 4) is 0 Å². The van der Waals surface area contributed by atoms with Crippen molar-refractivity contribution in [3.05, 3.63) is 30.3 Å². The molecular formula is C12H16N2O2. The van der Waals surface area contributed by atoms with Crippen LogP contribution in [0.1, 0.15) is 12.8 Å². The average Bonchev–Trinajstić information content (AvgIpc) is 3.11. The maximum Gasteiger partial charge on any atom is 0.322 e. The molecule has 1 saturated carbocycles. The summed E-state index contributed by atoms with van der Waals surface area (Å²) < 4.78 is 0. The second-order valence-electron chi connectivity index (χ2n) is 3.94. The molecule has 86 valence electrons. The summed E-state index contributed by atoms with van der Waals surface area (Å²) in [6.45, 7) is 0.419. The Hall–Kier alpha value is -1.55. The fourth-order valence-electron chi connectivity index (χ4n) is 1.66. The van der Waals surface area contributed by atoms with E-state index < -0.39 is 0 Å². The number of aliphatic hydroxyl groups is 1. The number of benzene rings is 1. The fourth-order valence-corrected chi connectivity index (χ4v) is 1.66. The molecule has 0 unspecified atom stereocenters. The highest BCUT2D eigenvalue weighted by atomic mass is 16.3. The number of carbonyl (C=O) groups excluding carboxylic acids is 1. The first-order valence-corrected chi connectivity index (χ1v) is 5.55. The predicted octanol–water partition coefficient (Wildman–Crippen LogP) is 1.68. The van der Waals surface area contributed by atoms with Gasteiger partial charge in [-0.25, -0.2) is 4.79 Å². The minimum atomic E-state index is -0.122. The number of hydrogen-bond acceptors (Lipinski definition) is 2. The standard InChI is InChI=1S/C12H16N2O2/c15-9-8-14(11-6-7-11)12(16)13-10-4-2-1-3-5-10/h1-5,11,15H,6-9H2,(H,13,16). The van der Waals surface area contributed by atoms with Gasteiger partial charge < -0.3 is 15.3 Å². The topological polar surface area (TPSA) is 52.6 Å². The summed E-state index contributed by atoms with van der Waals surface area (Å²) in [5, 5.41) is 11.7. The zero-order valence-corrected chi connectivity index (χ0v) is 9.10. The quantitative estimate of drug-likeness (QED) is 0.811. The Kier molecular flexibility index (Phi) is 3.41. The molecule has 0 bridgehead atoms. The third kappa shape index (κ3) is 2.73. The van der Waals surface area contributed by atoms with Gasteiger partial charge in [-0.3, -0.25) is 0 Å². The lowest BCUT2D eigenvalue weighted by molar-refractivity contribution is 0.185. The molecule has 1 fully saturated rings. The molecular weight excluding hydrogens is 204 g/mol. The normalized spacial score (nSPS) is 14.6. The highest BCUT2D eigenvalue weighted by Crippen LogP contribution is 2.27. The van der Waals surface area contributed by atoms with Crippen LogP contribution < -0.4 is 5.32 Å². The molecule has 0 saturated heterocycles. The van der Waals surface area contributed by atoms with E-state index in [-0.39, 0.29) is 12.6 Å². The minimum Gasteiger partial charge on any atom is -0.395 e. The van der Waals surface area contributed by atoms with E-state index in [0.29, 0.717) is 12.6 Å². The zero-order valence-electron chi connectivity index (χ0n) is 9.10. The molecule has 0 aromatic heterocycles. The highest BCUT2D eigenvalue weighted by molar-refractivity contribution is 5.89. The van der Waals surface area contributed by atoms with Gasteiger partial charge in [0.2, 0.25) is 0 Å². The van der Waals surface area contributed by atoms with Crippen LogP contribution in [-0.4, -0.2) is 35.2 Å². The van der Waals surface area contributed by atoms with E-state index >= 15 is 0 Å². The third-order valence-corrected chi connectivity index (χ3v) is 2.61. The lowest BCUT2D eigenvalue weighted by Crippen LogP contribution is -2.38. The van der Waals surface area contributed by atoms with E-state index in [2.05, 4.69) is 5.32 Å². The maximum atomic E-state index is 11.9. The average molecular weight is 220 g/mol. The number of aliphatic hydroxyl groups excluding tert-OH is 1. The van der Waals surface area contributed by atoms with Crippen LogP contribution in [-0.2, 0) is 0 Å². The van der Waals surface area contributed by atoms with Gasteiger partial charge in [0.15, 0.2) is 0 Å². The van der Waals surface area contributed by atoms with Crippen LogP contribution >= 0.6 is 0 Å². The summed E-state index contributed by atoms with van der Waals surface area (Å²) in [4.78, 5) is 13.6. The van der Waals surface area contributed by atoms with E-state index in [1.54, 1.807) is 4.90 Å². The van der Waals surface area contributed by atoms with Crippen molar-refractivity contribution in [2.24, 2.45) is 0 Å². The molecule has 1 aromatic carbocycles. The Morgan fingerprint density at radius 3 is 2.62 bits per heavy atom. The summed E-state index contributed by atoms with van der Waals surface area (Å²) >= 11 is 0. The van der Waals surface area contributed by atoms with E-state index in [0.717, 1.165) is 18.5 Å². The molecule has 2 N–H and O–H groups in total. The highest BCUT2D eigenvalue weighted by Gasteiger charge is 2.32. The summed E-state index contributed by atoms with van der Waals surface area (Å²) in [7, 11) is 0. The lowest BCUT2D eigenvalue weighted by Gasteiger charge is -2.21. The Morgan fingerprint density at radius 1 is 1.38 bits per heavy atom. The van der Waals surface area contributed by atoms with Gasteiger partial charge in [-0.15, -0.1) is 0 Å². The van der Waals surface area contributed by atoms with Gasteiger partial charge in [0, 0.05) is 18.3 Å². The zero-order chi connectivity index (χ0) is 11.4. The number of anilines is 1. The van der Waals surface area contributed by atoms with Gasteiger partial charge in [-0.05, 0) is 25.0 Å². The summed E-state index contributed by atoms with van der Waals surface area (Å²) in [6.07, 6.45) is 2.09. The molecule has 16 heavy (non-hydrogen) atoms. The number of carbonyl (C=O) groups is 1. The van der Waals surface area contributed by atoms with Crippen LogP contribution in [0.25, 0.3) is 0 Å². The third-order valence-electron chi connectivity index (χ3n) is 2.61. The molecule has 2 amide bonds. The maximum absolute atomic E-state index is 11.9. The van der Waals surface area contributed by atoms with E-state index in [4.69, 9.17) is 5.11 Å². The van der Waals surface area contributed by atoms with Crippen molar-refractivity contribution in [1.82, 2.24) is 4.90 Å². The van der Waals surface area contributed by atoms with Gasteiger partial charge in [0.05, 0.1) is 6.61 Å². The SMILES string of the molecule is O=C(Nc1ccccc1)N(CCO)C1CC1. The molecule has 1 aromatic rings. The fraction of sp³-hybridized carbons (Fsp3) is 0.417. The van der Waals surface area contributed by atoms with Gasteiger partial charge in [-0.1, -0.05) is 18.2 Å². The van der Waals surface area contributed by atoms with Crippen LogP contribution in [0.15, 0.2) is 30.3 Å². The molecule has 4 heteroatoms. The largest absolute Gasteiger partial charge is 0.395 e. The first-order valence-electron chi connectivity index (χ1n) is 5.55. The molecule has 0 spiro atoms. The van der Waals surface area contributed by atoms with Crippen molar-refractivity contribution in [2.45, 2.75) is 18.9 Å². The summed E-state index contributed by atoms with van der Waals surface area (Å²) in [6, 6.07) is 9.55. The summed E-state index contributed by atoms with van der Waals surface area (Å²) in [5.74, 6) is 0. The number of nitrogens with one attached hydrogen (secondary N) is 1. The van der Waals surface area contributed by atoms with Crippen LogP contribution in [0, 0.1) is 0 Å². The van der Waals surface area contributed by atoms with Crippen molar-refractivity contribution >= 4 is 11.7 Å². The Balaban J connectivity index is 1.95. The van der Waals surface area contributed by atoms with Gasteiger partial charge >= 0.3 is 6.03 Å². The van der Waals surface area contributed by atoms with Crippen LogP contribution in [0.3, 0.4) is 0 Å². The molecule has 1 aliphatic carbocycles. The number of hydrogen-bond donors (Lipinski definition) is 2. The number of amides is 2. The number of nitrogens with zero attached hydrogens (tertiary/aromatic N) is 1. The second kappa shape index (κ2) is 4.99. The minimum absolute atomic E-state index is 0.0126. The molecule has 0 aliphatic heterocycles. The van der Waals surface area contributed by atoms with Crippen molar-refractivity contribution < 1.29 is 9.90 Å². The molecule has 0 heterocycles. The Labute approximate surface area is 94.9 Å². The predicted molar refractivity (Wildman–Crippen MR) is 62.3 cm³/mol. The van der Waals surface area contributed by atoms with Gasteiger partial charge in [-0.2, -0.15) is 0 Å². The summed E-state index contributed by atoms with van der Waals surface area (Å²) in [5.41, 5.74) is 0.788. The number of urea groups is 1. The Morgan fingerprint density at radius 2 is 2.06 bits per heavy atom. The number of para-hydroxylation sites is 1. The van der Waals surface area contributed by atoms with Crippen molar-refractivity contribution in [3.63, 3.8) is 0 Å². The molecule has 2 rings (SSSR count). The molecule has 1 aliphatic rings. The van der Waals surface area contributed by atoms with E-state index in [1.807, 2.05) is 30.3 Å². The van der Waals surface area contributed by atoms with E-state index in [1.165, 1.54) is 0 Å². The molecule has 0 atom stereocenters. The lowest BCUT2D eigenvalue weighted by atomic mass is 10.3. The van der Waals surface area contributed by atoms with E-state index in [9.17, 15) is 4.79 Å². The first kappa shape index (κ1) is 11.0. The first-order chi connectivity index (χ1) is 7.81. The molecule has 0 radical (unpaired) electrons. The smallest absolute Gasteiger partial charge is 0.322 e. The van der Waals surface area contributed by atoms with Gasteiger partial charge in [0.25, 0.3) is 0 Å². The van der Waals surface area contributed by atoms with Crippen LogP contribution in [0.4, 0.5) is 10.5 Å². The van der Waals surface area contributed by atoms with Gasteiger partial charge in [0.1, 0.15) is 0 Å². The van der Waals surface area contributed by atoms with Crippen molar-refractivity contribution in [1.29, 1.82) is 0 Å².